The lowest BCUT2D eigenvalue weighted by Gasteiger charge is -1.97. The van der Waals surface area contributed by atoms with Crippen LogP contribution in [0, 0.1) is 0 Å². The van der Waals surface area contributed by atoms with Crippen LogP contribution in [-0.2, 0) is 0 Å². The average molecular weight is 258 g/mol. The van der Waals surface area contributed by atoms with Gasteiger partial charge in [-0.25, -0.2) is 4.98 Å². The van der Waals surface area contributed by atoms with Crippen molar-refractivity contribution in [2.45, 2.75) is 0 Å². The van der Waals surface area contributed by atoms with Gasteiger partial charge in [0.15, 0.2) is 10.8 Å². The normalized spacial score (nSPS) is 10.9. The van der Waals surface area contributed by atoms with Crippen LogP contribution in [0.1, 0.15) is 0 Å². The Hall–Kier alpha value is -2.34. The van der Waals surface area contributed by atoms with Gasteiger partial charge in [0.05, 0.1) is 4.88 Å². The highest BCUT2D eigenvalue weighted by atomic mass is 32.1. The molecular formula is C12H10N4OS. The number of nitrogens with zero attached hydrogens (tertiary/aromatic N) is 2. The molecule has 0 fully saturated rings. The maximum Gasteiger partial charge on any atom is 0.283 e. The van der Waals surface area contributed by atoms with E-state index >= 15 is 0 Å². The van der Waals surface area contributed by atoms with Gasteiger partial charge in [0.25, 0.3) is 5.56 Å². The maximum absolute atomic E-state index is 11.9. The van der Waals surface area contributed by atoms with Crippen molar-refractivity contribution in [1.82, 2.24) is 9.38 Å². The number of nitrogen functional groups attached to an aromatic ring is 2. The Morgan fingerprint density at radius 1 is 1.17 bits per heavy atom. The van der Waals surface area contributed by atoms with Crippen LogP contribution in [0.25, 0.3) is 15.4 Å². The summed E-state index contributed by atoms with van der Waals surface area (Å²) in [6.07, 6.45) is 1.74. The van der Waals surface area contributed by atoms with Crippen molar-refractivity contribution in [3.8, 4) is 10.4 Å². The van der Waals surface area contributed by atoms with Crippen LogP contribution < -0.4 is 17.0 Å². The third-order valence-electron chi connectivity index (χ3n) is 2.65. The van der Waals surface area contributed by atoms with Gasteiger partial charge in [0.2, 0.25) is 0 Å². The Balaban J connectivity index is 2.30. The zero-order valence-electron chi connectivity index (χ0n) is 9.33. The fraction of sp³-hybridized carbons (Fsp3) is 0. The molecule has 0 unspecified atom stereocenters. The van der Waals surface area contributed by atoms with Gasteiger partial charge in [0.1, 0.15) is 5.69 Å². The molecule has 1 aromatic carbocycles. The van der Waals surface area contributed by atoms with Gasteiger partial charge in [-0.3, -0.25) is 9.20 Å². The molecule has 0 aliphatic heterocycles. The Morgan fingerprint density at radius 3 is 2.61 bits per heavy atom. The Morgan fingerprint density at radius 2 is 1.89 bits per heavy atom. The molecule has 6 heteroatoms. The van der Waals surface area contributed by atoms with Gasteiger partial charge in [-0.1, -0.05) is 41.7 Å². The van der Waals surface area contributed by atoms with E-state index in [-0.39, 0.29) is 17.1 Å². The summed E-state index contributed by atoms with van der Waals surface area (Å²) in [7, 11) is 0. The predicted octanol–water partition coefficient (Wildman–Crippen LogP) is 1.59. The van der Waals surface area contributed by atoms with E-state index in [0.717, 1.165) is 10.4 Å². The smallest absolute Gasteiger partial charge is 0.283 e. The molecule has 2 aromatic heterocycles. The number of hydrogen-bond donors (Lipinski definition) is 2. The van der Waals surface area contributed by atoms with Crippen molar-refractivity contribution < 1.29 is 0 Å². The summed E-state index contributed by atoms with van der Waals surface area (Å²) in [6.45, 7) is 0. The molecule has 0 amide bonds. The molecule has 5 nitrogen and oxygen atoms in total. The molecule has 3 aromatic rings. The van der Waals surface area contributed by atoms with E-state index in [4.69, 9.17) is 11.5 Å². The van der Waals surface area contributed by atoms with E-state index in [1.807, 2.05) is 30.3 Å². The average Bonchev–Trinajstić information content (AvgIpc) is 2.81. The highest BCUT2D eigenvalue weighted by molar-refractivity contribution is 7.20. The molecule has 0 atom stereocenters. The fourth-order valence-electron chi connectivity index (χ4n) is 1.71. The first-order valence-electron chi connectivity index (χ1n) is 5.29. The Bertz CT molecular complexity index is 776. The highest BCUT2D eigenvalue weighted by Crippen LogP contribution is 2.27. The summed E-state index contributed by atoms with van der Waals surface area (Å²) in [4.78, 5) is 17.5. The number of benzene rings is 1. The summed E-state index contributed by atoms with van der Waals surface area (Å²) in [5.74, 6) is 0.0847. The minimum Gasteiger partial charge on any atom is -0.391 e. The quantitative estimate of drug-likeness (QED) is 0.694. The van der Waals surface area contributed by atoms with Gasteiger partial charge in [0, 0.05) is 6.20 Å². The number of anilines is 2. The van der Waals surface area contributed by atoms with E-state index < -0.39 is 0 Å². The second-order valence-electron chi connectivity index (χ2n) is 3.83. The second-order valence-corrected chi connectivity index (χ2v) is 4.84. The van der Waals surface area contributed by atoms with E-state index in [1.165, 1.54) is 15.7 Å². The molecule has 90 valence electrons. The van der Waals surface area contributed by atoms with Crippen LogP contribution >= 0.6 is 11.3 Å². The van der Waals surface area contributed by atoms with Crippen molar-refractivity contribution in [2.24, 2.45) is 0 Å². The number of aromatic nitrogens is 2. The number of nitrogens with two attached hydrogens (primary N) is 2. The molecule has 3 rings (SSSR count). The van der Waals surface area contributed by atoms with E-state index in [1.54, 1.807) is 6.20 Å². The maximum atomic E-state index is 11.9. The minimum absolute atomic E-state index is 0.00934. The molecule has 18 heavy (non-hydrogen) atoms. The van der Waals surface area contributed by atoms with Crippen LogP contribution in [0.4, 0.5) is 11.5 Å². The Kier molecular flexibility index (Phi) is 2.31. The van der Waals surface area contributed by atoms with Gasteiger partial charge in [-0.2, -0.15) is 0 Å². The lowest BCUT2D eigenvalue weighted by Crippen LogP contribution is -2.19. The number of hydrogen-bond acceptors (Lipinski definition) is 5. The third kappa shape index (κ3) is 1.54. The number of rotatable bonds is 1. The zero-order chi connectivity index (χ0) is 12.7. The molecule has 0 aliphatic rings. The summed E-state index contributed by atoms with van der Waals surface area (Å²) in [5.41, 5.74) is 11.9. The zero-order valence-corrected chi connectivity index (χ0v) is 10.1. The van der Waals surface area contributed by atoms with Crippen molar-refractivity contribution in [3.05, 3.63) is 46.9 Å². The lowest BCUT2D eigenvalue weighted by molar-refractivity contribution is 1.09. The monoisotopic (exact) mass is 258 g/mol. The first-order valence-corrected chi connectivity index (χ1v) is 6.11. The van der Waals surface area contributed by atoms with E-state index in [9.17, 15) is 4.79 Å². The molecule has 0 saturated heterocycles. The van der Waals surface area contributed by atoms with Crippen LogP contribution in [0.2, 0.25) is 0 Å². The molecular weight excluding hydrogens is 248 g/mol. The van der Waals surface area contributed by atoms with Crippen LogP contribution in [0.3, 0.4) is 0 Å². The molecule has 2 heterocycles. The minimum atomic E-state index is -0.323. The molecule has 0 saturated carbocycles. The standard InChI is InChI=1S/C12H10N4OS/c13-9-10(14)15-12-16(11(9)17)6-8(18-12)7-4-2-1-3-5-7/h1-6H,13-14H2. The van der Waals surface area contributed by atoms with Crippen molar-refractivity contribution in [2.75, 3.05) is 11.5 Å². The number of thiazole rings is 1. The lowest BCUT2D eigenvalue weighted by atomic mass is 10.2. The first kappa shape index (κ1) is 10.8. The summed E-state index contributed by atoms with van der Waals surface area (Å²) in [5, 5.41) is 0. The van der Waals surface area contributed by atoms with Gasteiger partial charge < -0.3 is 11.5 Å². The predicted molar refractivity (Wildman–Crippen MR) is 73.6 cm³/mol. The largest absolute Gasteiger partial charge is 0.391 e. The topological polar surface area (TPSA) is 86.4 Å². The highest BCUT2D eigenvalue weighted by Gasteiger charge is 2.11. The van der Waals surface area contributed by atoms with Crippen LogP contribution in [-0.4, -0.2) is 9.38 Å². The molecule has 0 bridgehead atoms. The van der Waals surface area contributed by atoms with Gasteiger partial charge in [-0.05, 0) is 5.56 Å². The SMILES string of the molecule is Nc1nc2sc(-c3ccccc3)cn2c(=O)c1N. The van der Waals surface area contributed by atoms with Crippen LogP contribution in [0.5, 0.6) is 0 Å². The number of fused-ring (bicyclic) bond motifs is 1. The van der Waals surface area contributed by atoms with Gasteiger partial charge in [-0.15, -0.1) is 0 Å². The van der Waals surface area contributed by atoms with E-state index in [2.05, 4.69) is 4.98 Å². The first-order chi connectivity index (χ1) is 8.66. The van der Waals surface area contributed by atoms with Crippen molar-refractivity contribution in [3.63, 3.8) is 0 Å². The summed E-state index contributed by atoms with van der Waals surface area (Å²) in [6, 6.07) is 9.78. The summed E-state index contributed by atoms with van der Waals surface area (Å²) < 4.78 is 1.43. The summed E-state index contributed by atoms with van der Waals surface area (Å²) >= 11 is 1.40. The van der Waals surface area contributed by atoms with E-state index in [0.29, 0.717) is 4.96 Å². The van der Waals surface area contributed by atoms with Crippen molar-refractivity contribution in [1.29, 1.82) is 0 Å². The molecule has 0 aliphatic carbocycles. The third-order valence-corrected chi connectivity index (χ3v) is 3.68. The Labute approximate surface area is 106 Å². The molecule has 4 N–H and O–H groups in total. The molecule has 0 radical (unpaired) electrons. The van der Waals surface area contributed by atoms with Crippen molar-refractivity contribution >= 4 is 27.8 Å². The molecule has 0 spiro atoms. The second kappa shape index (κ2) is 3.85. The van der Waals surface area contributed by atoms with Gasteiger partial charge >= 0.3 is 0 Å². The van der Waals surface area contributed by atoms with Crippen LogP contribution in [0.15, 0.2) is 41.3 Å². The fourth-order valence-corrected chi connectivity index (χ4v) is 2.69.